The van der Waals surface area contributed by atoms with Crippen LogP contribution in [0.5, 0.6) is 5.75 Å². The Kier molecular flexibility index (Phi) is 4.20. The van der Waals surface area contributed by atoms with Gasteiger partial charge in [-0.1, -0.05) is 18.2 Å². The van der Waals surface area contributed by atoms with Crippen LogP contribution < -0.4 is 10.1 Å². The summed E-state index contributed by atoms with van der Waals surface area (Å²) in [5.74, 6) is 0.724. The van der Waals surface area contributed by atoms with Crippen LogP contribution in [0.3, 0.4) is 0 Å². The lowest BCUT2D eigenvalue weighted by molar-refractivity contribution is -0.147. The van der Waals surface area contributed by atoms with Gasteiger partial charge < -0.3 is 14.8 Å². The lowest BCUT2D eigenvalue weighted by Crippen LogP contribution is -2.39. The molecule has 1 aliphatic rings. The normalized spacial score (nSPS) is 23.4. The molecule has 1 saturated heterocycles. The summed E-state index contributed by atoms with van der Waals surface area (Å²) in [4.78, 5) is 11.9. The first-order valence-electron chi connectivity index (χ1n) is 6.19. The van der Waals surface area contributed by atoms with Gasteiger partial charge in [-0.3, -0.25) is 4.79 Å². The minimum atomic E-state index is -0.132. The van der Waals surface area contributed by atoms with E-state index in [1.165, 1.54) is 7.11 Å². The van der Waals surface area contributed by atoms with Crippen molar-refractivity contribution in [3.8, 4) is 5.75 Å². The molecule has 1 heterocycles. The predicted molar refractivity (Wildman–Crippen MR) is 68.7 cm³/mol. The summed E-state index contributed by atoms with van der Waals surface area (Å²) in [7, 11) is 3.10. The van der Waals surface area contributed by atoms with Gasteiger partial charge in [0.2, 0.25) is 0 Å². The van der Waals surface area contributed by atoms with Crippen molar-refractivity contribution in [3.05, 3.63) is 29.8 Å². The molecule has 4 nitrogen and oxygen atoms in total. The molecule has 1 N–H and O–H groups in total. The van der Waals surface area contributed by atoms with Crippen LogP contribution in [0.4, 0.5) is 0 Å². The van der Waals surface area contributed by atoms with Crippen molar-refractivity contribution in [3.63, 3.8) is 0 Å². The number of carbonyl (C=O) groups is 1. The minimum Gasteiger partial charge on any atom is -0.496 e. The Morgan fingerprint density at radius 3 is 2.83 bits per heavy atom. The van der Waals surface area contributed by atoms with E-state index in [-0.39, 0.29) is 17.8 Å². The highest BCUT2D eigenvalue weighted by atomic mass is 16.5. The van der Waals surface area contributed by atoms with Crippen molar-refractivity contribution < 1.29 is 14.3 Å². The van der Waals surface area contributed by atoms with Crippen LogP contribution >= 0.6 is 0 Å². The SMILES string of the molecule is COC(=O)C1CCNCC1c1ccccc1OC. The number of hydrogen-bond acceptors (Lipinski definition) is 4. The maximum absolute atomic E-state index is 11.9. The molecule has 0 aromatic heterocycles. The first-order valence-corrected chi connectivity index (χ1v) is 6.19. The van der Waals surface area contributed by atoms with Crippen LogP contribution in [-0.4, -0.2) is 33.3 Å². The average molecular weight is 249 g/mol. The van der Waals surface area contributed by atoms with E-state index in [9.17, 15) is 4.79 Å². The largest absolute Gasteiger partial charge is 0.496 e. The number of esters is 1. The van der Waals surface area contributed by atoms with Crippen LogP contribution in [0.25, 0.3) is 0 Å². The van der Waals surface area contributed by atoms with E-state index in [0.29, 0.717) is 0 Å². The molecule has 0 saturated carbocycles. The summed E-state index contributed by atoms with van der Waals surface area (Å²) >= 11 is 0. The van der Waals surface area contributed by atoms with Crippen molar-refractivity contribution in [2.45, 2.75) is 12.3 Å². The summed E-state index contributed by atoms with van der Waals surface area (Å²) in [5, 5.41) is 3.33. The summed E-state index contributed by atoms with van der Waals surface area (Å²) < 4.78 is 10.3. The van der Waals surface area contributed by atoms with E-state index < -0.39 is 0 Å². The van der Waals surface area contributed by atoms with Crippen LogP contribution in [0, 0.1) is 5.92 Å². The van der Waals surface area contributed by atoms with Crippen molar-refractivity contribution in [2.75, 3.05) is 27.3 Å². The molecule has 1 fully saturated rings. The first-order chi connectivity index (χ1) is 8.77. The van der Waals surface area contributed by atoms with Gasteiger partial charge in [-0.15, -0.1) is 0 Å². The highest BCUT2D eigenvalue weighted by Gasteiger charge is 2.34. The van der Waals surface area contributed by atoms with Crippen molar-refractivity contribution >= 4 is 5.97 Å². The van der Waals surface area contributed by atoms with Gasteiger partial charge in [-0.25, -0.2) is 0 Å². The summed E-state index contributed by atoms with van der Waals surface area (Å²) in [5.41, 5.74) is 1.07. The Morgan fingerprint density at radius 2 is 2.11 bits per heavy atom. The predicted octanol–water partition coefficient (Wildman–Crippen LogP) is 1.56. The Hall–Kier alpha value is -1.55. The van der Waals surface area contributed by atoms with Crippen LogP contribution in [0.15, 0.2) is 24.3 Å². The van der Waals surface area contributed by atoms with Gasteiger partial charge in [0.15, 0.2) is 0 Å². The van der Waals surface area contributed by atoms with Gasteiger partial charge in [0, 0.05) is 12.5 Å². The molecule has 0 radical (unpaired) electrons. The fourth-order valence-corrected chi connectivity index (χ4v) is 2.59. The van der Waals surface area contributed by atoms with Crippen molar-refractivity contribution in [1.29, 1.82) is 0 Å². The minimum absolute atomic E-state index is 0.0902. The zero-order chi connectivity index (χ0) is 13.0. The fourth-order valence-electron chi connectivity index (χ4n) is 2.59. The third-order valence-electron chi connectivity index (χ3n) is 3.52. The van der Waals surface area contributed by atoms with Crippen molar-refractivity contribution in [2.24, 2.45) is 5.92 Å². The summed E-state index contributed by atoms with van der Waals surface area (Å²) in [6.45, 7) is 1.63. The molecule has 4 heteroatoms. The Morgan fingerprint density at radius 1 is 1.33 bits per heavy atom. The fraction of sp³-hybridized carbons (Fsp3) is 0.500. The molecule has 0 amide bonds. The Balaban J connectivity index is 2.30. The number of carbonyl (C=O) groups excluding carboxylic acids is 1. The Bertz CT molecular complexity index is 419. The molecule has 2 unspecified atom stereocenters. The van der Waals surface area contributed by atoms with Crippen molar-refractivity contribution in [1.82, 2.24) is 5.32 Å². The van der Waals surface area contributed by atoms with E-state index in [1.54, 1.807) is 7.11 Å². The number of nitrogens with one attached hydrogen (secondary N) is 1. The summed E-state index contributed by atoms with van der Waals surface area (Å²) in [6.07, 6.45) is 0.801. The smallest absolute Gasteiger partial charge is 0.309 e. The number of para-hydroxylation sites is 1. The van der Waals surface area contributed by atoms with Gasteiger partial charge in [0.05, 0.1) is 20.1 Å². The second kappa shape index (κ2) is 5.87. The van der Waals surface area contributed by atoms with Gasteiger partial charge in [0.1, 0.15) is 5.75 Å². The topological polar surface area (TPSA) is 47.6 Å². The molecule has 0 spiro atoms. The second-order valence-electron chi connectivity index (χ2n) is 4.47. The second-order valence-corrected chi connectivity index (χ2v) is 4.47. The lowest BCUT2D eigenvalue weighted by Gasteiger charge is -2.31. The molecule has 1 aliphatic heterocycles. The maximum atomic E-state index is 11.9. The molecule has 1 aromatic carbocycles. The standard InChI is InChI=1S/C14H19NO3/c1-17-13-6-4-3-5-10(13)12-9-15-8-7-11(12)14(16)18-2/h3-6,11-12,15H,7-9H2,1-2H3. The third kappa shape index (κ3) is 2.48. The molecule has 98 valence electrons. The molecule has 2 atom stereocenters. The zero-order valence-corrected chi connectivity index (χ0v) is 10.8. The molecule has 0 bridgehead atoms. The van der Waals surface area contributed by atoms with Gasteiger partial charge in [-0.2, -0.15) is 0 Å². The molecule has 2 rings (SSSR count). The monoisotopic (exact) mass is 249 g/mol. The molecular weight excluding hydrogens is 230 g/mol. The lowest BCUT2D eigenvalue weighted by atomic mass is 9.81. The molecule has 1 aromatic rings. The number of benzene rings is 1. The quantitative estimate of drug-likeness (QED) is 0.826. The van der Waals surface area contributed by atoms with Gasteiger partial charge in [-0.05, 0) is 24.6 Å². The average Bonchev–Trinajstić information content (AvgIpc) is 2.46. The van der Waals surface area contributed by atoms with E-state index in [1.807, 2.05) is 24.3 Å². The van der Waals surface area contributed by atoms with E-state index in [0.717, 1.165) is 30.8 Å². The molecule has 0 aliphatic carbocycles. The van der Waals surface area contributed by atoms with E-state index in [2.05, 4.69) is 5.32 Å². The highest BCUT2D eigenvalue weighted by Crippen LogP contribution is 2.35. The first kappa shape index (κ1) is 12.9. The molecule has 18 heavy (non-hydrogen) atoms. The van der Waals surface area contributed by atoms with Crippen LogP contribution in [-0.2, 0) is 9.53 Å². The highest BCUT2D eigenvalue weighted by molar-refractivity contribution is 5.74. The zero-order valence-electron chi connectivity index (χ0n) is 10.8. The summed E-state index contributed by atoms with van der Waals surface area (Å²) in [6, 6.07) is 7.86. The van der Waals surface area contributed by atoms with E-state index in [4.69, 9.17) is 9.47 Å². The maximum Gasteiger partial charge on any atom is 0.309 e. The number of hydrogen-bond donors (Lipinski definition) is 1. The Labute approximate surface area is 107 Å². The molecular formula is C14H19NO3. The third-order valence-corrected chi connectivity index (χ3v) is 3.52. The van der Waals surface area contributed by atoms with E-state index >= 15 is 0 Å². The van der Waals surface area contributed by atoms with Gasteiger partial charge in [0.25, 0.3) is 0 Å². The number of rotatable bonds is 3. The van der Waals surface area contributed by atoms with Gasteiger partial charge >= 0.3 is 5.97 Å². The van der Waals surface area contributed by atoms with Crippen LogP contribution in [0.2, 0.25) is 0 Å². The number of methoxy groups -OCH3 is 2. The van der Waals surface area contributed by atoms with Crippen LogP contribution in [0.1, 0.15) is 17.9 Å². The number of piperidine rings is 1. The number of ether oxygens (including phenoxy) is 2.